The van der Waals surface area contributed by atoms with Crippen LogP contribution in [-0.2, 0) is 4.79 Å². The lowest BCUT2D eigenvalue weighted by atomic mass is 9.82. The number of hydrogen-bond acceptors (Lipinski definition) is 2. The van der Waals surface area contributed by atoms with Crippen LogP contribution in [0, 0.1) is 11.3 Å². The minimum Gasteiger partial charge on any atom is -0.345 e. The Hall–Kier alpha value is -0.570. The molecule has 18 heavy (non-hydrogen) atoms. The molecule has 2 N–H and O–H groups in total. The van der Waals surface area contributed by atoms with Gasteiger partial charge in [0.25, 0.3) is 0 Å². The molecule has 0 saturated heterocycles. The fourth-order valence-electron chi connectivity index (χ4n) is 2.95. The van der Waals surface area contributed by atoms with E-state index in [1.165, 1.54) is 12.8 Å². The maximum absolute atomic E-state index is 12.6. The molecule has 0 aromatic heterocycles. The summed E-state index contributed by atoms with van der Waals surface area (Å²) in [5.41, 5.74) is 5.99. The van der Waals surface area contributed by atoms with E-state index in [4.69, 9.17) is 5.73 Å². The highest BCUT2D eigenvalue weighted by molar-refractivity contribution is 5.82. The first-order valence-electron chi connectivity index (χ1n) is 7.44. The van der Waals surface area contributed by atoms with Crippen LogP contribution in [0.3, 0.4) is 0 Å². The third-order valence-corrected chi connectivity index (χ3v) is 4.69. The molecular formula is C15H30N2O. The average Bonchev–Trinajstić information content (AvgIpc) is 2.84. The number of nitrogens with two attached hydrogens (primary N) is 1. The molecule has 3 nitrogen and oxygen atoms in total. The van der Waals surface area contributed by atoms with Gasteiger partial charge in [-0.1, -0.05) is 33.6 Å². The lowest BCUT2D eigenvalue weighted by molar-refractivity contribution is -0.140. The van der Waals surface area contributed by atoms with Crippen LogP contribution in [0.1, 0.15) is 59.3 Å². The third kappa shape index (κ3) is 3.47. The van der Waals surface area contributed by atoms with Gasteiger partial charge in [-0.15, -0.1) is 0 Å². The molecule has 0 bridgehead atoms. The van der Waals surface area contributed by atoms with E-state index >= 15 is 0 Å². The molecule has 1 aliphatic carbocycles. The number of hydrogen-bond donors (Lipinski definition) is 1. The van der Waals surface area contributed by atoms with Crippen molar-refractivity contribution < 1.29 is 4.79 Å². The molecule has 1 fully saturated rings. The summed E-state index contributed by atoms with van der Waals surface area (Å²) in [5.74, 6) is 0.832. The molecule has 0 heterocycles. The van der Waals surface area contributed by atoms with E-state index in [0.717, 1.165) is 32.2 Å². The second kappa shape index (κ2) is 6.55. The van der Waals surface area contributed by atoms with Crippen molar-refractivity contribution >= 4 is 5.91 Å². The molecule has 0 aliphatic heterocycles. The van der Waals surface area contributed by atoms with Gasteiger partial charge < -0.3 is 10.6 Å². The molecule has 1 unspecified atom stereocenters. The summed E-state index contributed by atoms with van der Waals surface area (Å²) in [6.45, 7) is 7.21. The van der Waals surface area contributed by atoms with Gasteiger partial charge in [0.15, 0.2) is 0 Å². The summed E-state index contributed by atoms with van der Waals surface area (Å²) >= 11 is 0. The van der Waals surface area contributed by atoms with E-state index in [2.05, 4.69) is 20.8 Å². The topological polar surface area (TPSA) is 46.3 Å². The van der Waals surface area contributed by atoms with E-state index in [1.54, 1.807) is 0 Å². The zero-order valence-corrected chi connectivity index (χ0v) is 12.5. The van der Waals surface area contributed by atoms with Crippen molar-refractivity contribution in [1.29, 1.82) is 0 Å². The Bertz CT molecular complexity index is 270. The van der Waals surface area contributed by atoms with Gasteiger partial charge in [-0.2, -0.15) is 0 Å². The van der Waals surface area contributed by atoms with Crippen LogP contribution in [-0.4, -0.2) is 30.4 Å². The van der Waals surface area contributed by atoms with Crippen LogP contribution in [0.2, 0.25) is 0 Å². The van der Waals surface area contributed by atoms with E-state index in [1.807, 2.05) is 11.9 Å². The summed E-state index contributed by atoms with van der Waals surface area (Å²) in [7, 11) is 1.94. The number of nitrogens with zero attached hydrogens (tertiary/aromatic N) is 1. The van der Waals surface area contributed by atoms with E-state index in [0.29, 0.717) is 11.8 Å². The summed E-state index contributed by atoms with van der Waals surface area (Å²) in [4.78, 5) is 14.5. The largest absolute Gasteiger partial charge is 0.345 e. The fraction of sp³-hybridized carbons (Fsp3) is 0.933. The van der Waals surface area contributed by atoms with Crippen LogP contribution >= 0.6 is 0 Å². The predicted molar refractivity (Wildman–Crippen MR) is 76.3 cm³/mol. The smallest absolute Gasteiger partial charge is 0.228 e. The monoisotopic (exact) mass is 254 g/mol. The molecule has 0 aromatic rings. The predicted octanol–water partition coefficient (Wildman–Crippen LogP) is 2.79. The van der Waals surface area contributed by atoms with E-state index < -0.39 is 0 Å². The first-order valence-corrected chi connectivity index (χ1v) is 7.44. The lowest BCUT2D eigenvalue weighted by Crippen LogP contribution is -2.42. The van der Waals surface area contributed by atoms with Gasteiger partial charge >= 0.3 is 0 Å². The van der Waals surface area contributed by atoms with Crippen molar-refractivity contribution in [3.63, 3.8) is 0 Å². The van der Waals surface area contributed by atoms with E-state index in [-0.39, 0.29) is 11.5 Å². The Morgan fingerprint density at radius 1 is 1.33 bits per heavy atom. The van der Waals surface area contributed by atoms with Crippen LogP contribution < -0.4 is 5.73 Å². The zero-order chi connectivity index (χ0) is 13.8. The maximum Gasteiger partial charge on any atom is 0.228 e. The molecule has 1 saturated carbocycles. The molecule has 0 radical (unpaired) electrons. The minimum atomic E-state index is -0.0589. The summed E-state index contributed by atoms with van der Waals surface area (Å²) < 4.78 is 0. The van der Waals surface area contributed by atoms with Crippen molar-refractivity contribution in [3.8, 4) is 0 Å². The quantitative estimate of drug-likeness (QED) is 0.792. The Kier molecular flexibility index (Phi) is 5.64. The highest BCUT2D eigenvalue weighted by atomic mass is 16.2. The average molecular weight is 254 g/mol. The molecule has 3 heteroatoms. The second-order valence-corrected chi connectivity index (χ2v) is 6.26. The maximum atomic E-state index is 12.6. The standard InChI is InChI=1S/C15H30N2O/c1-5-15(9-6-7-10-15)14(18)17(4)11-8-13(16)12(2)3/h12-13H,5-11,16H2,1-4H3. The zero-order valence-electron chi connectivity index (χ0n) is 12.5. The van der Waals surface area contributed by atoms with Gasteiger partial charge in [0.05, 0.1) is 0 Å². The summed E-state index contributed by atoms with van der Waals surface area (Å²) in [6.07, 6.45) is 6.44. The van der Waals surface area contributed by atoms with Gasteiger partial charge in [-0.05, 0) is 31.6 Å². The molecule has 0 aromatic carbocycles. The van der Waals surface area contributed by atoms with Crippen molar-refractivity contribution in [2.45, 2.75) is 65.3 Å². The number of rotatable bonds is 6. The first kappa shape index (κ1) is 15.5. The molecule has 1 rings (SSSR count). The normalized spacial score (nSPS) is 20.1. The first-order chi connectivity index (χ1) is 8.43. The van der Waals surface area contributed by atoms with Gasteiger partial charge in [0.2, 0.25) is 5.91 Å². The third-order valence-electron chi connectivity index (χ3n) is 4.69. The van der Waals surface area contributed by atoms with Gasteiger partial charge in [-0.3, -0.25) is 4.79 Å². The molecule has 106 valence electrons. The van der Waals surface area contributed by atoms with Crippen molar-refractivity contribution in [2.75, 3.05) is 13.6 Å². The van der Waals surface area contributed by atoms with Crippen LogP contribution in [0.4, 0.5) is 0 Å². The lowest BCUT2D eigenvalue weighted by Gasteiger charge is -2.32. The Morgan fingerprint density at radius 3 is 2.33 bits per heavy atom. The van der Waals surface area contributed by atoms with Crippen molar-refractivity contribution in [1.82, 2.24) is 4.90 Å². The van der Waals surface area contributed by atoms with Crippen LogP contribution in [0.15, 0.2) is 0 Å². The second-order valence-electron chi connectivity index (χ2n) is 6.26. The van der Waals surface area contributed by atoms with Gasteiger partial charge in [-0.25, -0.2) is 0 Å². The highest BCUT2D eigenvalue weighted by Crippen LogP contribution is 2.42. The Balaban J connectivity index is 2.50. The van der Waals surface area contributed by atoms with Crippen molar-refractivity contribution in [2.24, 2.45) is 17.1 Å². The highest BCUT2D eigenvalue weighted by Gasteiger charge is 2.40. The molecule has 0 spiro atoms. The van der Waals surface area contributed by atoms with Crippen molar-refractivity contribution in [3.05, 3.63) is 0 Å². The van der Waals surface area contributed by atoms with Crippen LogP contribution in [0.25, 0.3) is 0 Å². The molecule has 1 aliphatic rings. The number of carbonyl (C=O) groups is 1. The molecular weight excluding hydrogens is 224 g/mol. The number of amides is 1. The van der Waals surface area contributed by atoms with Gasteiger partial charge in [0.1, 0.15) is 0 Å². The Labute approximate surface area is 112 Å². The van der Waals surface area contributed by atoms with E-state index in [9.17, 15) is 4.79 Å². The minimum absolute atomic E-state index is 0.0589. The summed E-state index contributed by atoms with van der Waals surface area (Å²) in [6, 6.07) is 0.196. The van der Waals surface area contributed by atoms with Gasteiger partial charge in [0, 0.05) is 25.0 Å². The fourth-order valence-corrected chi connectivity index (χ4v) is 2.95. The molecule has 1 atom stereocenters. The van der Waals surface area contributed by atoms with Crippen LogP contribution in [0.5, 0.6) is 0 Å². The Morgan fingerprint density at radius 2 is 1.89 bits per heavy atom. The number of carbonyl (C=O) groups excluding carboxylic acids is 1. The SMILES string of the molecule is CCC1(C(=O)N(C)CCC(N)C(C)C)CCCC1. The molecule has 1 amide bonds. The summed E-state index contributed by atoms with van der Waals surface area (Å²) in [5, 5.41) is 0.